The van der Waals surface area contributed by atoms with Crippen LogP contribution in [0.4, 0.5) is 10.1 Å². The van der Waals surface area contributed by atoms with Crippen LogP contribution in [-0.4, -0.2) is 30.7 Å². The van der Waals surface area contributed by atoms with Crippen LogP contribution < -0.4 is 10.6 Å². The molecule has 0 spiro atoms. The highest BCUT2D eigenvalue weighted by Gasteiger charge is 2.16. The zero-order valence-electron chi connectivity index (χ0n) is 8.65. The molecule has 0 radical (unpaired) electrons. The molecule has 1 atom stereocenters. The number of halogens is 2. The molecule has 0 aliphatic rings. The summed E-state index contributed by atoms with van der Waals surface area (Å²) in [6.45, 7) is 0.00654. The molecule has 0 bridgehead atoms. The van der Waals surface area contributed by atoms with Crippen molar-refractivity contribution in [3.05, 3.63) is 29.0 Å². The van der Waals surface area contributed by atoms with Crippen molar-refractivity contribution in [1.82, 2.24) is 0 Å². The summed E-state index contributed by atoms with van der Waals surface area (Å²) in [7, 11) is 1.55. The molecule has 0 saturated carbocycles. The lowest BCUT2D eigenvalue weighted by Gasteiger charge is -2.22. The molecule has 1 unspecified atom stereocenters. The lowest BCUT2D eigenvalue weighted by Crippen LogP contribution is -2.41. The van der Waals surface area contributed by atoms with Gasteiger partial charge < -0.3 is 15.7 Å². The summed E-state index contributed by atoms with van der Waals surface area (Å²) >= 11 is 5.72. The quantitative estimate of drug-likeness (QED) is 0.841. The number of anilines is 1. The van der Waals surface area contributed by atoms with Crippen molar-refractivity contribution in [1.29, 1.82) is 0 Å². The second-order valence-electron chi connectivity index (χ2n) is 3.42. The normalized spacial score (nSPS) is 12.2. The first kappa shape index (κ1) is 12.7. The fourth-order valence-corrected chi connectivity index (χ4v) is 1.42. The van der Waals surface area contributed by atoms with Crippen molar-refractivity contribution >= 4 is 23.3 Å². The Kier molecular flexibility index (Phi) is 4.09. The molecule has 0 aliphatic carbocycles. The maximum Gasteiger partial charge on any atom is 0.322 e. The predicted molar refractivity (Wildman–Crippen MR) is 60.3 cm³/mol. The Morgan fingerprint density at radius 2 is 2.31 bits per heavy atom. The number of hydrogen-bond acceptors (Lipinski definition) is 3. The van der Waals surface area contributed by atoms with E-state index in [1.165, 1.54) is 23.1 Å². The van der Waals surface area contributed by atoms with Gasteiger partial charge in [0.05, 0.1) is 5.69 Å². The lowest BCUT2D eigenvalue weighted by molar-refractivity contribution is -0.138. The van der Waals surface area contributed by atoms with Gasteiger partial charge in [-0.05, 0) is 18.2 Å². The summed E-state index contributed by atoms with van der Waals surface area (Å²) in [6, 6.07) is 3.00. The van der Waals surface area contributed by atoms with Crippen molar-refractivity contribution in [2.45, 2.75) is 6.04 Å². The number of nitrogens with two attached hydrogens (primary N) is 1. The van der Waals surface area contributed by atoms with E-state index in [0.29, 0.717) is 5.02 Å². The fourth-order valence-electron chi connectivity index (χ4n) is 1.25. The molecule has 0 heterocycles. The van der Waals surface area contributed by atoms with Crippen LogP contribution in [0.2, 0.25) is 5.02 Å². The standard InChI is InChI=1S/C10H12ClFN2O2/c1-14(5-8(13)10(15)16)9-4-6(11)2-3-7(9)12/h2-4,8H,5,13H2,1H3,(H,15,16). The number of benzene rings is 1. The molecule has 6 heteroatoms. The van der Waals surface area contributed by atoms with Crippen LogP contribution in [0.15, 0.2) is 18.2 Å². The van der Waals surface area contributed by atoms with Crippen molar-refractivity contribution in [3.8, 4) is 0 Å². The van der Waals surface area contributed by atoms with Gasteiger partial charge >= 0.3 is 5.97 Å². The van der Waals surface area contributed by atoms with Crippen LogP contribution in [0.3, 0.4) is 0 Å². The predicted octanol–water partition coefficient (Wildman–Crippen LogP) is 1.33. The maximum absolute atomic E-state index is 13.4. The van der Waals surface area contributed by atoms with Gasteiger partial charge in [0.2, 0.25) is 0 Å². The first-order valence-electron chi connectivity index (χ1n) is 4.56. The van der Waals surface area contributed by atoms with E-state index in [1.54, 1.807) is 7.05 Å². The number of hydrogen-bond donors (Lipinski definition) is 2. The summed E-state index contributed by atoms with van der Waals surface area (Å²) < 4.78 is 13.4. The third-order valence-corrected chi connectivity index (χ3v) is 2.34. The third-order valence-electron chi connectivity index (χ3n) is 2.11. The highest BCUT2D eigenvalue weighted by molar-refractivity contribution is 6.30. The van der Waals surface area contributed by atoms with E-state index in [-0.39, 0.29) is 12.2 Å². The minimum absolute atomic E-state index is 0.00654. The van der Waals surface area contributed by atoms with Crippen LogP contribution >= 0.6 is 11.6 Å². The summed E-state index contributed by atoms with van der Waals surface area (Å²) in [4.78, 5) is 12.0. The molecule has 4 nitrogen and oxygen atoms in total. The smallest absolute Gasteiger partial charge is 0.322 e. The monoisotopic (exact) mass is 246 g/mol. The van der Waals surface area contributed by atoms with Crippen LogP contribution in [0.1, 0.15) is 0 Å². The SMILES string of the molecule is CN(CC(N)C(=O)O)c1cc(Cl)ccc1F. The molecule has 0 fully saturated rings. The molecule has 0 amide bonds. The number of nitrogens with zero attached hydrogens (tertiary/aromatic N) is 1. The third kappa shape index (κ3) is 3.08. The summed E-state index contributed by atoms with van der Waals surface area (Å²) in [6.07, 6.45) is 0. The Labute approximate surface area is 97.4 Å². The van der Waals surface area contributed by atoms with Crippen molar-refractivity contribution in [3.63, 3.8) is 0 Å². The van der Waals surface area contributed by atoms with Crippen LogP contribution in [0, 0.1) is 5.82 Å². The number of carboxylic acid groups (broad SMARTS) is 1. The Hall–Kier alpha value is -1.33. The van der Waals surface area contributed by atoms with Crippen LogP contribution in [0.5, 0.6) is 0 Å². The maximum atomic E-state index is 13.4. The molecule has 0 saturated heterocycles. The van der Waals surface area contributed by atoms with E-state index in [0.717, 1.165) is 0 Å². The molecule has 16 heavy (non-hydrogen) atoms. The summed E-state index contributed by atoms with van der Waals surface area (Å²) in [5.41, 5.74) is 5.57. The van der Waals surface area contributed by atoms with Gasteiger partial charge in [-0.2, -0.15) is 0 Å². The molecule has 88 valence electrons. The molecule has 3 N–H and O–H groups in total. The molecule has 1 rings (SSSR count). The van der Waals surface area contributed by atoms with Gasteiger partial charge in [0.1, 0.15) is 11.9 Å². The molecular formula is C10H12ClFN2O2. The molecule has 0 aliphatic heterocycles. The first-order valence-corrected chi connectivity index (χ1v) is 4.94. The second-order valence-corrected chi connectivity index (χ2v) is 3.86. The van der Waals surface area contributed by atoms with Crippen molar-refractivity contribution in [2.24, 2.45) is 5.73 Å². The van der Waals surface area contributed by atoms with Gasteiger partial charge in [-0.1, -0.05) is 11.6 Å². The lowest BCUT2D eigenvalue weighted by atomic mass is 10.2. The van der Waals surface area contributed by atoms with E-state index >= 15 is 0 Å². The molecule has 1 aromatic carbocycles. The van der Waals surface area contributed by atoms with E-state index in [4.69, 9.17) is 22.4 Å². The Morgan fingerprint density at radius 3 is 2.88 bits per heavy atom. The van der Waals surface area contributed by atoms with Crippen LogP contribution in [0.25, 0.3) is 0 Å². The average Bonchev–Trinajstić information content (AvgIpc) is 2.21. The van der Waals surface area contributed by atoms with Gasteiger partial charge in [0.15, 0.2) is 0 Å². The molecule has 1 aromatic rings. The second kappa shape index (κ2) is 5.14. The fraction of sp³-hybridized carbons (Fsp3) is 0.300. The Morgan fingerprint density at radius 1 is 1.69 bits per heavy atom. The summed E-state index contributed by atoms with van der Waals surface area (Å²) in [5, 5.41) is 9.01. The molecular weight excluding hydrogens is 235 g/mol. The van der Waals surface area contributed by atoms with Crippen LogP contribution in [-0.2, 0) is 4.79 Å². The highest BCUT2D eigenvalue weighted by Crippen LogP contribution is 2.22. The number of aliphatic carboxylic acids is 1. The average molecular weight is 247 g/mol. The number of likely N-dealkylation sites (N-methyl/N-ethyl adjacent to an activating group) is 1. The van der Waals surface area contributed by atoms with Crippen molar-refractivity contribution < 1.29 is 14.3 Å². The van der Waals surface area contributed by atoms with Gasteiger partial charge in [-0.3, -0.25) is 4.79 Å². The Balaban J connectivity index is 2.83. The number of carbonyl (C=O) groups is 1. The van der Waals surface area contributed by atoms with E-state index in [9.17, 15) is 9.18 Å². The Bertz CT molecular complexity index is 400. The van der Waals surface area contributed by atoms with E-state index in [1.807, 2.05) is 0 Å². The number of carboxylic acids is 1. The van der Waals surface area contributed by atoms with E-state index < -0.39 is 17.8 Å². The van der Waals surface area contributed by atoms with Gasteiger partial charge in [0, 0.05) is 18.6 Å². The topological polar surface area (TPSA) is 66.6 Å². The zero-order valence-corrected chi connectivity index (χ0v) is 9.41. The minimum Gasteiger partial charge on any atom is -0.480 e. The van der Waals surface area contributed by atoms with Gasteiger partial charge in [-0.15, -0.1) is 0 Å². The largest absolute Gasteiger partial charge is 0.480 e. The minimum atomic E-state index is -1.13. The first-order chi connectivity index (χ1) is 7.41. The number of rotatable bonds is 4. The summed E-state index contributed by atoms with van der Waals surface area (Å²) in [5.74, 6) is -1.60. The molecule has 0 aromatic heterocycles. The van der Waals surface area contributed by atoms with Crippen molar-refractivity contribution in [2.75, 3.05) is 18.5 Å². The van der Waals surface area contributed by atoms with Gasteiger partial charge in [0.25, 0.3) is 0 Å². The van der Waals surface area contributed by atoms with E-state index in [2.05, 4.69) is 0 Å². The van der Waals surface area contributed by atoms with Gasteiger partial charge in [-0.25, -0.2) is 4.39 Å². The highest BCUT2D eigenvalue weighted by atomic mass is 35.5. The zero-order chi connectivity index (χ0) is 12.3.